The molecule has 1 saturated heterocycles. The Kier molecular flexibility index (Phi) is 5.22. The predicted molar refractivity (Wildman–Crippen MR) is 91.7 cm³/mol. The average molecular weight is 351 g/mol. The summed E-state index contributed by atoms with van der Waals surface area (Å²) in [5.74, 6) is 0.117. The van der Waals surface area contributed by atoms with E-state index < -0.39 is 16.1 Å². The number of hydrogen-bond acceptors (Lipinski definition) is 4. The van der Waals surface area contributed by atoms with Crippen LogP contribution in [0.1, 0.15) is 32.1 Å². The molecule has 1 aromatic rings. The first-order valence-electron chi connectivity index (χ1n) is 8.61. The number of nitrogens with two attached hydrogens (primary N) is 1. The molecule has 6 nitrogen and oxygen atoms in total. The highest BCUT2D eigenvalue weighted by Gasteiger charge is 2.40. The number of benzene rings is 1. The number of nitrogens with one attached hydrogen (secondary N) is 1. The molecule has 1 amide bonds. The molecule has 1 aliphatic carbocycles. The zero-order valence-corrected chi connectivity index (χ0v) is 14.5. The van der Waals surface area contributed by atoms with Crippen LogP contribution in [-0.4, -0.2) is 43.8 Å². The normalized spacial score (nSPS) is 28.1. The van der Waals surface area contributed by atoms with Crippen LogP contribution in [0, 0.1) is 5.92 Å². The van der Waals surface area contributed by atoms with Crippen LogP contribution in [0.2, 0.25) is 0 Å². The quantitative estimate of drug-likeness (QED) is 0.830. The van der Waals surface area contributed by atoms with Crippen LogP contribution in [0.15, 0.2) is 35.2 Å². The van der Waals surface area contributed by atoms with Gasteiger partial charge >= 0.3 is 0 Å². The van der Waals surface area contributed by atoms with Crippen molar-refractivity contribution in [1.82, 2.24) is 9.62 Å². The van der Waals surface area contributed by atoms with Crippen molar-refractivity contribution >= 4 is 15.9 Å². The molecular weight excluding hydrogens is 326 g/mol. The summed E-state index contributed by atoms with van der Waals surface area (Å²) in [6, 6.07) is 7.78. The molecule has 3 N–H and O–H groups in total. The van der Waals surface area contributed by atoms with Gasteiger partial charge in [0, 0.05) is 12.6 Å². The van der Waals surface area contributed by atoms with Crippen molar-refractivity contribution in [2.45, 2.75) is 49.1 Å². The van der Waals surface area contributed by atoms with Gasteiger partial charge in [0.05, 0.1) is 4.90 Å². The predicted octanol–water partition coefficient (Wildman–Crippen LogP) is 1.08. The molecule has 132 valence electrons. The van der Waals surface area contributed by atoms with E-state index in [2.05, 4.69) is 5.32 Å². The number of amides is 1. The van der Waals surface area contributed by atoms with Crippen LogP contribution < -0.4 is 11.1 Å². The molecule has 0 bridgehead atoms. The first-order valence-corrected chi connectivity index (χ1v) is 10.1. The maximum Gasteiger partial charge on any atom is 0.243 e. The van der Waals surface area contributed by atoms with Crippen LogP contribution >= 0.6 is 0 Å². The van der Waals surface area contributed by atoms with Gasteiger partial charge in [0.15, 0.2) is 0 Å². The van der Waals surface area contributed by atoms with Crippen molar-refractivity contribution in [1.29, 1.82) is 0 Å². The van der Waals surface area contributed by atoms with Gasteiger partial charge in [0.25, 0.3) is 0 Å². The summed E-state index contributed by atoms with van der Waals surface area (Å²) in [4.78, 5) is 12.9. The second kappa shape index (κ2) is 7.21. The van der Waals surface area contributed by atoms with Gasteiger partial charge in [-0.15, -0.1) is 0 Å². The minimum atomic E-state index is -3.64. The van der Waals surface area contributed by atoms with E-state index in [1.165, 1.54) is 4.31 Å². The summed E-state index contributed by atoms with van der Waals surface area (Å²) in [7, 11) is -3.64. The third-order valence-corrected chi connectivity index (χ3v) is 7.07. The van der Waals surface area contributed by atoms with E-state index in [9.17, 15) is 13.2 Å². The lowest BCUT2D eigenvalue weighted by Gasteiger charge is -2.26. The van der Waals surface area contributed by atoms with Crippen molar-refractivity contribution in [3.63, 3.8) is 0 Å². The summed E-state index contributed by atoms with van der Waals surface area (Å²) in [5.41, 5.74) is 5.77. The molecule has 1 saturated carbocycles. The molecule has 0 spiro atoms. The fraction of sp³-hybridized carbons (Fsp3) is 0.588. The second-order valence-electron chi connectivity index (χ2n) is 6.63. The zero-order chi connectivity index (χ0) is 17.2. The van der Waals surface area contributed by atoms with E-state index >= 15 is 0 Å². The molecule has 0 radical (unpaired) electrons. The van der Waals surface area contributed by atoms with Gasteiger partial charge < -0.3 is 11.1 Å². The highest BCUT2D eigenvalue weighted by atomic mass is 32.2. The van der Waals surface area contributed by atoms with Gasteiger partial charge in [-0.1, -0.05) is 24.6 Å². The molecule has 2 aliphatic rings. The fourth-order valence-electron chi connectivity index (χ4n) is 3.81. The highest BCUT2D eigenvalue weighted by molar-refractivity contribution is 7.89. The number of hydrogen-bond donors (Lipinski definition) is 2. The Hall–Kier alpha value is -1.44. The Labute approximate surface area is 143 Å². The van der Waals surface area contributed by atoms with Crippen LogP contribution in [0.25, 0.3) is 0 Å². The Morgan fingerprint density at radius 1 is 1.17 bits per heavy atom. The van der Waals surface area contributed by atoms with E-state index in [0.717, 1.165) is 19.3 Å². The van der Waals surface area contributed by atoms with Gasteiger partial charge in [-0.3, -0.25) is 4.79 Å². The molecule has 1 aromatic carbocycles. The van der Waals surface area contributed by atoms with Crippen LogP contribution in [0.3, 0.4) is 0 Å². The minimum Gasteiger partial charge on any atom is -0.352 e. The standard InChI is InChI=1S/C17H25N3O3S/c18-12-13-6-4-9-15(13)19-17(21)16-10-5-11-20(16)24(22,23)14-7-2-1-3-8-14/h1-3,7-8,13,15-16H,4-6,9-12,18H2,(H,19,21). The Morgan fingerprint density at radius 2 is 1.92 bits per heavy atom. The first kappa shape index (κ1) is 17.4. The minimum absolute atomic E-state index is 0.0735. The largest absolute Gasteiger partial charge is 0.352 e. The first-order chi connectivity index (χ1) is 11.5. The Morgan fingerprint density at radius 3 is 2.62 bits per heavy atom. The Balaban J connectivity index is 1.74. The molecule has 24 heavy (non-hydrogen) atoms. The molecule has 0 aromatic heterocycles. The second-order valence-corrected chi connectivity index (χ2v) is 8.52. The van der Waals surface area contributed by atoms with Gasteiger partial charge in [-0.05, 0) is 50.3 Å². The zero-order valence-electron chi connectivity index (χ0n) is 13.7. The number of rotatable bonds is 5. The van der Waals surface area contributed by atoms with Crippen LogP contribution in [0.5, 0.6) is 0 Å². The van der Waals surface area contributed by atoms with E-state index in [4.69, 9.17) is 5.73 Å². The van der Waals surface area contributed by atoms with Crippen molar-refractivity contribution in [2.24, 2.45) is 11.7 Å². The SMILES string of the molecule is NCC1CCCC1NC(=O)C1CCCN1S(=O)(=O)c1ccccc1. The average Bonchev–Trinajstić information content (AvgIpc) is 3.24. The van der Waals surface area contributed by atoms with Gasteiger partial charge in [0.1, 0.15) is 6.04 Å². The number of sulfonamides is 1. The van der Waals surface area contributed by atoms with E-state index in [0.29, 0.717) is 31.8 Å². The van der Waals surface area contributed by atoms with E-state index in [1.54, 1.807) is 30.3 Å². The number of carbonyl (C=O) groups is 1. The maximum absolute atomic E-state index is 12.8. The van der Waals surface area contributed by atoms with Crippen molar-refractivity contribution in [3.8, 4) is 0 Å². The van der Waals surface area contributed by atoms with E-state index in [-0.39, 0.29) is 16.8 Å². The fourth-order valence-corrected chi connectivity index (χ4v) is 5.48. The topological polar surface area (TPSA) is 92.5 Å². The van der Waals surface area contributed by atoms with Gasteiger partial charge in [-0.25, -0.2) is 8.42 Å². The lowest BCUT2D eigenvalue weighted by molar-refractivity contribution is -0.125. The van der Waals surface area contributed by atoms with Crippen LogP contribution in [0.4, 0.5) is 0 Å². The van der Waals surface area contributed by atoms with Gasteiger partial charge in [0.2, 0.25) is 15.9 Å². The molecular formula is C17H25N3O3S. The van der Waals surface area contributed by atoms with Crippen LogP contribution in [-0.2, 0) is 14.8 Å². The molecule has 3 unspecified atom stereocenters. The van der Waals surface area contributed by atoms with Crippen molar-refractivity contribution < 1.29 is 13.2 Å². The molecule has 1 aliphatic heterocycles. The lowest BCUT2D eigenvalue weighted by Crippen LogP contribution is -2.50. The van der Waals surface area contributed by atoms with Gasteiger partial charge in [-0.2, -0.15) is 4.31 Å². The molecule has 3 rings (SSSR count). The Bertz CT molecular complexity index is 678. The lowest BCUT2D eigenvalue weighted by atomic mass is 10.0. The third-order valence-electron chi connectivity index (χ3n) is 5.15. The van der Waals surface area contributed by atoms with E-state index in [1.807, 2.05) is 0 Å². The molecule has 3 atom stereocenters. The summed E-state index contributed by atoms with van der Waals surface area (Å²) < 4.78 is 27.0. The summed E-state index contributed by atoms with van der Waals surface area (Å²) in [6.45, 7) is 0.946. The number of nitrogens with zero attached hydrogens (tertiary/aromatic N) is 1. The monoisotopic (exact) mass is 351 g/mol. The molecule has 1 heterocycles. The summed E-state index contributed by atoms with van der Waals surface area (Å²) >= 11 is 0. The van der Waals surface area contributed by atoms with Crippen molar-refractivity contribution in [2.75, 3.05) is 13.1 Å². The summed E-state index contributed by atoms with van der Waals surface area (Å²) in [6.07, 6.45) is 4.28. The molecule has 2 fully saturated rings. The number of carbonyl (C=O) groups excluding carboxylic acids is 1. The van der Waals surface area contributed by atoms with Crippen molar-refractivity contribution in [3.05, 3.63) is 30.3 Å². The highest BCUT2D eigenvalue weighted by Crippen LogP contribution is 2.28. The summed E-state index contributed by atoms with van der Waals surface area (Å²) in [5, 5.41) is 3.05. The maximum atomic E-state index is 12.8. The molecule has 7 heteroatoms. The third kappa shape index (κ3) is 3.34. The smallest absolute Gasteiger partial charge is 0.243 e.